The smallest absolute Gasteiger partial charge is 0.337 e. The van der Waals surface area contributed by atoms with Crippen LogP contribution in [0.3, 0.4) is 0 Å². The van der Waals surface area contributed by atoms with Crippen LogP contribution >= 0.6 is 0 Å². The molecule has 0 radical (unpaired) electrons. The molecule has 0 aromatic heterocycles. The molecule has 0 aliphatic heterocycles. The number of esters is 1. The van der Waals surface area contributed by atoms with Crippen molar-refractivity contribution < 1.29 is 24.2 Å². The number of nitrogens with zero attached hydrogens (tertiary/aromatic N) is 1. The number of carboxylic acids is 1. The fourth-order valence-electron chi connectivity index (χ4n) is 1.24. The second-order valence-corrected chi connectivity index (χ2v) is 3.17. The van der Waals surface area contributed by atoms with Crippen LogP contribution in [0.1, 0.15) is 10.4 Å². The maximum atomic E-state index is 11.1. The number of amides is 1. The van der Waals surface area contributed by atoms with Crippen LogP contribution in [0, 0.1) is 0 Å². The van der Waals surface area contributed by atoms with Crippen LogP contribution in [0.4, 0.5) is 5.69 Å². The molecular weight excluding hydrogens is 226 g/mol. The summed E-state index contributed by atoms with van der Waals surface area (Å²) in [7, 11) is 1.26. The van der Waals surface area contributed by atoms with Gasteiger partial charge in [-0.2, -0.15) is 0 Å². The first kappa shape index (κ1) is 12.7. The summed E-state index contributed by atoms with van der Waals surface area (Å²) in [6.07, 6.45) is 0.418. The molecule has 1 N–H and O–H groups in total. The van der Waals surface area contributed by atoms with Gasteiger partial charge in [-0.3, -0.25) is 9.59 Å². The number of benzene rings is 1. The van der Waals surface area contributed by atoms with Crippen molar-refractivity contribution in [2.45, 2.75) is 0 Å². The van der Waals surface area contributed by atoms with Crippen LogP contribution in [0.15, 0.2) is 24.3 Å². The van der Waals surface area contributed by atoms with Gasteiger partial charge in [0.2, 0.25) is 6.41 Å². The zero-order valence-electron chi connectivity index (χ0n) is 9.12. The first-order chi connectivity index (χ1) is 8.08. The number of carbonyl (C=O) groups is 3. The molecule has 0 unspecified atom stereocenters. The predicted octanol–water partition coefficient (Wildman–Crippen LogP) is 0.521. The summed E-state index contributed by atoms with van der Waals surface area (Å²) in [5.74, 6) is -1.61. The maximum Gasteiger partial charge on any atom is 0.337 e. The molecule has 0 saturated carbocycles. The van der Waals surface area contributed by atoms with Gasteiger partial charge in [0.05, 0.1) is 12.7 Å². The Morgan fingerprint density at radius 1 is 1.35 bits per heavy atom. The van der Waals surface area contributed by atoms with Crippen molar-refractivity contribution in [3.05, 3.63) is 29.8 Å². The zero-order valence-corrected chi connectivity index (χ0v) is 9.12. The van der Waals surface area contributed by atoms with Gasteiger partial charge >= 0.3 is 11.9 Å². The van der Waals surface area contributed by atoms with Crippen LogP contribution in [0.25, 0.3) is 0 Å². The molecule has 90 valence electrons. The average Bonchev–Trinajstić information content (AvgIpc) is 2.35. The molecule has 1 aromatic carbocycles. The molecule has 0 aliphatic rings. The summed E-state index contributed by atoms with van der Waals surface area (Å²) in [4.78, 5) is 33.3. The molecule has 1 rings (SSSR count). The Labute approximate surface area is 97.4 Å². The van der Waals surface area contributed by atoms with Crippen molar-refractivity contribution in [2.75, 3.05) is 18.6 Å². The van der Waals surface area contributed by atoms with E-state index in [0.29, 0.717) is 17.7 Å². The molecule has 6 heteroatoms. The van der Waals surface area contributed by atoms with E-state index in [9.17, 15) is 14.4 Å². The van der Waals surface area contributed by atoms with E-state index < -0.39 is 18.5 Å². The largest absolute Gasteiger partial charge is 0.480 e. The summed E-state index contributed by atoms with van der Waals surface area (Å²) >= 11 is 0. The number of anilines is 1. The van der Waals surface area contributed by atoms with Crippen LogP contribution in [0.2, 0.25) is 0 Å². The number of ether oxygens (including phenoxy) is 1. The second kappa shape index (κ2) is 5.64. The number of hydrogen-bond acceptors (Lipinski definition) is 4. The summed E-state index contributed by atoms with van der Waals surface area (Å²) in [5.41, 5.74) is 0.729. The standard InChI is InChI=1S/C11H11NO5/c1-17-11(16)8-2-4-9(5-3-8)12(7-13)6-10(14)15/h2-5,7H,6H2,1H3,(H,14,15). The number of hydrogen-bond donors (Lipinski definition) is 1. The third-order valence-electron chi connectivity index (χ3n) is 2.05. The van der Waals surface area contributed by atoms with E-state index in [1.165, 1.54) is 31.4 Å². The van der Waals surface area contributed by atoms with Crippen LogP contribution in [-0.4, -0.2) is 37.1 Å². The van der Waals surface area contributed by atoms with E-state index in [4.69, 9.17) is 5.11 Å². The van der Waals surface area contributed by atoms with Gasteiger partial charge in [-0.1, -0.05) is 0 Å². The van der Waals surface area contributed by atoms with E-state index in [2.05, 4.69) is 4.74 Å². The van der Waals surface area contributed by atoms with Crippen LogP contribution in [0.5, 0.6) is 0 Å². The Kier molecular flexibility index (Phi) is 4.21. The molecule has 6 nitrogen and oxygen atoms in total. The minimum atomic E-state index is -1.12. The van der Waals surface area contributed by atoms with Gasteiger partial charge in [0.1, 0.15) is 6.54 Å². The molecule has 0 spiro atoms. The highest BCUT2D eigenvalue weighted by Gasteiger charge is 2.11. The summed E-state index contributed by atoms with van der Waals surface area (Å²) in [6, 6.07) is 5.87. The third-order valence-corrected chi connectivity index (χ3v) is 2.05. The van der Waals surface area contributed by atoms with Crippen molar-refractivity contribution in [2.24, 2.45) is 0 Å². The lowest BCUT2D eigenvalue weighted by atomic mass is 10.2. The van der Waals surface area contributed by atoms with Gasteiger partial charge < -0.3 is 14.7 Å². The maximum absolute atomic E-state index is 11.1. The Morgan fingerprint density at radius 3 is 2.35 bits per heavy atom. The van der Waals surface area contributed by atoms with Crippen molar-refractivity contribution >= 4 is 24.0 Å². The molecule has 0 saturated heterocycles. The van der Waals surface area contributed by atoms with Gasteiger partial charge in [-0.15, -0.1) is 0 Å². The minimum absolute atomic E-state index is 0.331. The quantitative estimate of drug-likeness (QED) is 0.596. The van der Waals surface area contributed by atoms with Gasteiger partial charge in [0, 0.05) is 5.69 Å². The lowest BCUT2D eigenvalue weighted by Gasteiger charge is -2.14. The lowest BCUT2D eigenvalue weighted by molar-refractivity contribution is -0.136. The fraction of sp³-hybridized carbons (Fsp3) is 0.182. The Hall–Kier alpha value is -2.37. The summed E-state index contributed by atoms with van der Waals surface area (Å²) < 4.78 is 4.51. The van der Waals surface area contributed by atoms with Crippen LogP contribution < -0.4 is 4.90 Å². The Bertz CT molecular complexity index is 426. The molecular formula is C11H11NO5. The van der Waals surface area contributed by atoms with E-state index in [-0.39, 0.29) is 0 Å². The number of rotatable bonds is 5. The van der Waals surface area contributed by atoms with E-state index in [1.807, 2.05) is 0 Å². The first-order valence-corrected chi connectivity index (χ1v) is 4.70. The molecule has 17 heavy (non-hydrogen) atoms. The Balaban J connectivity index is 2.88. The molecule has 0 fully saturated rings. The molecule has 1 amide bonds. The monoisotopic (exact) mass is 237 g/mol. The zero-order chi connectivity index (χ0) is 12.8. The predicted molar refractivity (Wildman–Crippen MR) is 58.8 cm³/mol. The fourth-order valence-corrected chi connectivity index (χ4v) is 1.24. The second-order valence-electron chi connectivity index (χ2n) is 3.17. The molecule has 0 heterocycles. The van der Waals surface area contributed by atoms with E-state index >= 15 is 0 Å². The summed E-state index contributed by atoms with van der Waals surface area (Å²) in [5, 5.41) is 8.58. The lowest BCUT2D eigenvalue weighted by Crippen LogP contribution is -2.28. The van der Waals surface area contributed by atoms with Crippen molar-refractivity contribution in [3.63, 3.8) is 0 Å². The topological polar surface area (TPSA) is 83.9 Å². The van der Waals surface area contributed by atoms with E-state index in [0.717, 1.165) is 4.90 Å². The highest BCUT2D eigenvalue weighted by molar-refractivity contribution is 5.91. The number of carboxylic acid groups (broad SMARTS) is 1. The highest BCUT2D eigenvalue weighted by atomic mass is 16.5. The Morgan fingerprint density at radius 2 is 1.94 bits per heavy atom. The number of methoxy groups -OCH3 is 1. The van der Waals surface area contributed by atoms with Crippen molar-refractivity contribution in [3.8, 4) is 0 Å². The van der Waals surface area contributed by atoms with Gasteiger partial charge in [-0.05, 0) is 24.3 Å². The van der Waals surface area contributed by atoms with Gasteiger partial charge in [-0.25, -0.2) is 4.79 Å². The van der Waals surface area contributed by atoms with Crippen molar-refractivity contribution in [1.29, 1.82) is 0 Å². The highest BCUT2D eigenvalue weighted by Crippen LogP contribution is 2.14. The molecule has 1 aromatic rings. The van der Waals surface area contributed by atoms with Gasteiger partial charge in [0.25, 0.3) is 0 Å². The molecule has 0 atom stereocenters. The number of carbonyl (C=O) groups excluding carboxylic acids is 2. The van der Waals surface area contributed by atoms with E-state index in [1.54, 1.807) is 0 Å². The SMILES string of the molecule is COC(=O)c1ccc(N(C=O)CC(=O)O)cc1. The van der Waals surface area contributed by atoms with Gasteiger partial charge in [0.15, 0.2) is 0 Å². The minimum Gasteiger partial charge on any atom is -0.480 e. The summed E-state index contributed by atoms with van der Waals surface area (Å²) in [6.45, 7) is -0.429. The molecule has 0 bridgehead atoms. The van der Waals surface area contributed by atoms with Crippen LogP contribution in [-0.2, 0) is 14.3 Å². The molecule has 0 aliphatic carbocycles. The first-order valence-electron chi connectivity index (χ1n) is 4.70. The third kappa shape index (κ3) is 3.30. The average molecular weight is 237 g/mol. The van der Waals surface area contributed by atoms with Crippen molar-refractivity contribution in [1.82, 2.24) is 0 Å². The normalized spacial score (nSPS) is 9.47. The number of aliphatic carboxylic acids is 1.